The Morgan fingerprint density at radius 1 is 0.328 bits per heavy atom. The second kappa shape index (κ2) is 14.3. The summed E-state index contributed by atoms with van der Waals surface area (Å²) in [6.07, 6.45) is 0. The first-order valence-corrected chi connectivity index (χ1v) is 20.8. The molecule has 0 N–H and O–H groups in total. The summed E-state index contributed by atoms with van der Waals surface area (Å²) in [5.41, 5.74) is 15.5. The average Bonchev–Trinajstić information content (AvgIpc) is 3.88. The van der Waals surface area contributed by atoms with E-state index in [2.05, 4.69) is 228 Å². The third kappa shape index (κ3) is 5.90. The lowest BCUT2D eigenvalue weighted by Crippen LogP contribution is -2.11. The largest absolute Gasteiger partial charge is 0.456 e. The molecule has 61 heavy (non-hydrogen) atoms. The van der Waals surface area contributed by atoms with Crippen LogP contribution < -0.4 is 4.90 Å². The van der Waals surface area contributed by atoms with Crippen molar-refractivity contribution in [2.45, 2.75) is 0 Å². The summed E-state index contributed by atoms with van der Waals surface area (Å²) in [5, 5.41) is 7.24. The Hall–Kier alpha value is -8.14. The predicted molar refractivity (Wildman–Crippen MR) is 257 cm³/mol. The summed E-state index contributed by atoms with van der Waals surface area (Å²) in [6, 6.07) is 83.0. The molecule has 0 aliphatic rings. The van der Waals surface area contributed by atoms with Gasteiger partial charge in [-0.05, 0) is 111 Å². The van der Waals surface area contributed by atoms with Crippen LogP contribution in [0.5, 0.6) is 0 Å². The van der Waals surface area contributed by atoms with Gasteiger partial charge in [-0.1, -0.05) is 158 Å². The van der Waals surface area contributed by atoms with Gasteiger partial charge in [0, 0.05) is 44.2 Å². The van der Waals surface area contributed by atoms with Crippen LogP contribution in [-0.2, 0) is 0 Å². The predicted octanol–water partition coefficient (Wildman–Crippen LogP) is 16.3. The number of anilines is 3. The van der Waals surface area contributed by atoms with E-state index in [0.29, 0.717) is 0 Å². The Kier molecular flexibility index (Phi) is 8.17. The molecule has 12 aromatic rings. The fourth-order valence-corrected chi connectivity index (χ4v) is 9.33. The minimum atomic E-state index is 0.888. The van der Waals surface area contributed by atoms with Crippen molar-refractivity contribution in [1.82, 2.24) is 4.57 Å². The van der Waals surface area contributed by atoms with E-state index in [4.69, 9.17) is 4.42 Å². The highest BCUT2D eigenvalue weighted by Gasteiger charge is 2.20. The van der Waals surface area contributed by atoms with Crippen molar-refractivity contribution in [1.29, 1.82) is 0 Å². The SMILES string of the molecule is c1cc(-c2ccc(-c3cccc4ccccc34)cc2)cc(N(c2ccc(-n3c4ccccc4c4ccccc43)cc2)c2ccccc2-c2ccc3oc4ccccc4c3c2)c1. The Bertz CT molecular complexity index is 3530. The summed E-state index contributed by atoms with van der Waals surface area (Å²) in [7, 11) is 0. The second-order valence-electron chi connectivity index (χ2n) is 15.7. The van der Waals surface area contributed by atoms with Crippen LogP contribution in [-0.4, -0.2) is 4.57 Å². The van der Waals surface area contributed by atoms with E-state index in [9.17, 15) is 0 Å². The van der Waals surface area contributed by atoms with Crippen molar-refractivity contribution in [3.8, 4) is 39.1 Å². The monoisotopic (exact) mass is 778 g/mol. The number of rotatable bonds is 7. The third-order valence-electron chi connectivity index (χ3n) is 12.2. The van der Waals surface area contributed by atoms with Gasteiger partial charge in [0.25, 0.3) is 0 Å². The van der Waals surface area contributed by atoms with Gasteiger partial charge in [-0.3, -0.25) is 0 Å². The zero-order chi connectivity index (χ0) is 40.3. The van der Waals surface area contributed by atoms with Crippen LogP contribution in [0, 0.1) is 0 Å². The highest BCUT2D eigenvalue weighted by atomic mass is 16.3. The molecule has 0 atom stereocenters. The maximum absolute atomic E-state index is 6.25. The lowest BCUT2D eigenvalue weighted by atomic mass is 9.96. The van der Waals surface area contributed by atoms with Gasteiger partial charge in [0.1, 0.15) is 11.2 Å². The molecule has 2 heterocycles. The van der Waals surface area contributed by atoms with E-state index in [1.54, 1.807) is 0 Å². The number of benzene rings is 10. The molecular formula is C58H38N2O. The Labute approximate surface area is 353 Å². The molecule has 0 saturated carbocycles. The van der Waals surface area contributed by atoms with Crippen LogP contribution in [0.1, 0.15) is 0 Å². The molecule has 0 aliphatic heterocycles. The molecule has 0 radical (unpaired) electrons. The zero-order valence-corrected chi connectivity index (χ0v) is 33.2. The van der Waals surface area contributed by atoms with Crippen molar-refractivity contribution in [3.05, 3.63) is 231 Å². The van der Waals surface area contributed by atoms with Crippen molar-refractivity contribution in [2.75, 3.05) is 4.90 Å². The van der Waals surface area contributed by atoms with E-state index >= 15 is 0 Å². The summed E-state index contributed by atoms with van der Waals surface area (Å²) in [6.45, 7) is 0. The average molecular weight is 779 g/mol. The number of aromatic nitrogens is 1. The number of furan rings is 1. The quantitative estimate of drug-likeness (QED) is 0.161. The van der Waals surface area contributed by atoms with Gasteiger partial charge in [0.2, 0.25) is 0 Å². The molecule has 2 aromatic heterocycles. The molecule has 10 aromatic carbocycles. The Balaban J connectivity index is 0.997. The molecule has 0 saturated heterocycles. The van der Waals surface area contributed by atoms with Gasteiger partial charge < -0.3 is 13.9 Å². The molecule has 0 fully saturated rings. The molecule has 0 aliphatic carbocycles. The van der Waals surface area contributed by atoms with Gasteiger partial charge in [0.05, 0.1) is 16.7 Å². The molecule has 0 spiro atoms. The Morgan fingerprint density at radius 2 is 0.918 bits per heavy atom. The van der Waals surface area contributed by atoms with Crippen molar-refractivity contribution < 1.29 is 4.42 Å². The Morgan fingerprint density at radius 3 is 1.72 bits per heavy atom. The first kappa shape index (κ1) is 34.9. The van der Waals surface area contributed by atoms with Gasteiger partial charge >= 0.3 is 0 Å². The van der Waals surface area contributed by atoms with E-state index in [1.165, 1.54) is 43.7 Å². The van der Waals surface area contributed by atoms with Crippen LogP contribution in [0.25, 0.3) is 93.6 Å². The minimum Gasteiger partial charge on any atom is -0.456 e. The first-order chi connectivity index (χ1) is 30.2. The molecular weight excluding hydrogens is 741 g/mol. The van der Waals surface area contributed by atoms with Crippen LogP contribution >= 0.6 is 0 Å². The molecule has 0 unspecified atom stereocenters. The fourth-order valence-electron chi connectivity index (χ4n) is 9.33. The smallest absolute Gasteiger partial charge is 0.135 e. The number of hydrogen-bond donors (Lipinski definition) is 0. The third-order valence-corrected chi connectivity index (χ3v) is 12.2. The van der Waals surface area contributed by atoms with Crippen molar-refractivity contribution in [2.24, 2.45) is 0 Å². The standard InChI is InChI=1S/C58H38N2O/c1-2-17-47-40(13-1)14-12-22-48(47)41-29-27-39(28-30-41)42-15-11-16-46(37-42)59(44-32-34-45(35-33-44)60-55-24-8-4-19-50(55)51-20-5-9-25-56(51)60)54-23-7-3-18-49(54)43-31-36-58-53(38-43)52-21-6-10-26-57(52)61-58/h1-38H. The maximum Gasteiger partial charge on any atom is 0.135 e. The van der Waals surface area contributed by atoms with Gasteiger partial charge in [-0.25, -0.2) is 0 Å². The number of fused-ring (bicyclic) bond motifs is 7. The van der Waals surface area contributed by atoms with Crippen molar-refractivity contribution in [3.63, 3.8) is 0 Å². The maximum atomic E-state index is 6.25. The molecule has 286 valence electrons. The van der Waals surface area contributed by atoms with E-state index in [-0.39, 0.29) is 0 Å². The zero-order valence-electron chi connectivity index (χ0n) is 33.2. The molecule has 3 heteroatoms. The fraction of sp³-hybridized carbons (Fsp3) is 0. The second-order valence-corrected chi connectivity index (χ2v) is 15.7. The van der Waals surface area contributed by atoms with Crippen LogP contribution in [0.4, 0.5) is 17.1 Å². The number of hydrogen-bond acceptors (Lipinski definition) is 2. The summed E-state index contributed by atoms with van der Waals surface area (Å²) in [4.78, 5) is 2.40. The highest BCUT2D eigenvalue weighted by Crippen LogP contribution is 2.44. The number of nitrogens with zero attached hydrogens (tertiary/aromatic N) is 2. The topological polar surface area (TPSA) is 21.3 Å². The summed E-state index contributed by atoms with van der Waals surface area (Å²) in [5.74, 6) is 0. The molecule has 12 rings (SSSR count). The van der Waals surface area contributed by atoms with Crippen LogP contribution in [0.2, 0.25) is 0 Å². The van der Waals surface area contributed by atoms with Crippen LogP contribution in [0.15, 0.2) is 235 Å². The van der Waals surface area contributed by atoms with E-state index in [0.717, 1.165) is 66.9 Å². The molecule has 0 bridgehead atoms. The van der Waals surface area contributed by atoms with Crippen LogP contribution in [0.3, 0.4) is 0 Å². The van der Waals surface area contributed by atoms with Crippen molar-refractivity contribution >= 4 is 71.6 Å². The molecule has 3 nitrogen and oxygen atoms in total. The van der Waals surface area contributed by atoms with Gasteiger partial charge in [-0.15, -0.1) is 0 Å². The summed E-state index contributed by atoms with van der Waals surface area (Å²) >= 11 is 0. The first-order valence-electron chi connectivity index (χ1n) is 20.8. The lowest BCUT2D eigenvalue weighted by Gasteiger charge is -2.28. The highest BCUT2D eigenvalue weighted by molar-refractivity contribution is 6.09. The lowest BCUT2D eigenvalue weighted by molar-refractivity contribution is 0.669. The normalized spacial score (nSPS) is 11.6. The number of para-hydroxylation sites is 4. The van der Waals surface area contributed by atoms with E-state index < -0.39 is 0 Å². The van der Waals surface area contributed by atoms with E-state index in [1.807, 2.05) is 12.1 Å². The van der Waals surface area contributed by atoms with Gasteiger partial charge in [0.15, 0.2) is 0 Å². The summed E-state index contributed by atoms with van der Waals surface area (Å²) < 4.78 is 8.62. The minimum absolute atomic E-state index is 0.888. The van der Waals surface area contributed by atoms with Gasteiger partial charge in [-0.2, -0.15) is 0 Å². The molecule has 0 amide bonds.